The molecule has 4 N–H and O–H groups in total. The molecule has 3 aromatic carbocycles. The highest BCUT2D eigenvalue weighted by molar-refractivity contribution is 7.06. The first-order valence-electron chi connectivity index (χ1n) is 14.8. The van der Waals surface area contributed by atoms with E-state index in [-0.39, 0.29) is 35.0 Å². The lowest BCUT2D eigenvalue weighted by Crippen LogP contribution is -2.34. The second kappa shape index (κ2) is 15.9. The molecule has 12 heteroatoms. The molecule has 0 aliphatic carbocycles. The maximum atomic E-state index is 13.2. The van der Waals surface area contributed by atoms with Gasteiger partial charge < -0.3 is 21.1 Å². The molecule has 0 atom stereocenters. The Hall–Kier alpha value is -4.22. The van der Waals surface area contributed by atoms with Crippen molar-refractivity contribution in [2.45, 2.75) is 32.9 Å². The summed E-state index contributed by atoms with van der Waals surface area (Å²) in [4.78, 5) is 33.3. The fourth-order valence-corrected chi connectivity index (χ4v) is 6.30. The first-order chi connectivity index (χ1) is 22.3. The zero-order valence-electron chi connectivity index (χ0n) is 25.3. The van der Waals surface area contributed by atoms with Crippen LogP contribution in [0.3, 0.4) is 0 Å². The molecule has 0 saturated carbocycles. The Morgan fingerprint density at radius 3 is 2.50 bits per heavy atom. The summed E-state index contributed by atoms with van der Waals surface area (Å²) in [5.74, 6) is -0.0971. The van der Waals surface area contributed by atoms with E-state index in [4.69, 9.17) is 33.7 Å². The van der Waals surface area contributed by atoms with Gasteiger partial charge in [-0.2, -0.15) is 9.37 Å². The number of nitrogens with two attached hydrogens (primary N) is 1. The van der Waals surface area contributed by atoms with Crippen LogP contribution >= 0.6 is 34.7 Å². The summed E-state index contributed by atoms with van der Waals surface area (Å²) < 4.78 is 10.4. The van der Waals surface area contributed by atoms with Gasteiger partial charge in [0, 0.05) is 23.5 Å². The third kappa shape index (κ3) is 8.95. The summed E-state index contributed by atoms with van der Waals surface area (Å²) in [5, 5.41) is 6.38. The maximum absolute atomic E-state index is 13.2. The zero-order valence-corrected chi connectivity index (χ0v) is 27.6. The van der Waals surface area contributed by atoms with Gasteiger partial charge in [0.15, 0.2) is 5.96 Å². The van der Waals surface area contributed by atoms with Gasteiger partial charge in [0.05, 0.1) is 33.5 Å². The van der Waals surface area contributed by atoms with Crippen LogP contribution < -0.4 is 21.1 Å². The molecule has 4 aliphatic heterocycles. The van der Waals surface area contributed by atoms with Crippen molar-refractivity contribution in [2.75, 3.05) is 25.0 Å². The lowest BCUT2D eigenvalue weighted by atomic mass is 10.1. The topological polar surface area (TPSA) is 122 Å². The molecule has 0 radical (unpaired) electrons. The van der Waals surface area contributed by atoms with Crippen molar-refractivity contribution in [3.63, 3.8) is 0 Å². The monoisotopic (exact) mass is 676 g/mol. The Morgan fingerprint density at radius 2 is 1.76 bits per heavy atom. The SMILES string of the molecule is Cc1snc2c1C(=O)/N=C(\N)NCc1cc(Cl)c(c(Cl)c1)NC(=O)CN(Cc1ccccc1)CCCC=CCOc1ccc-2cc1. The molecule has 238 valence electrons. The van der Waals surface area contributed by atoms with Crippen molar-refractivity contribution in [1.82, 2.24) is 14.6 Å². The number of amides is 2. The molecule has 4 bridgehead atoms. The van der Waals surface area contributed by atoms with Crippen molar-refractivity contribution in [3.05, 3.63) is 110 Å². The predicted molar refractivity (Wildman–Crippen MR) is 186 cm³/mol. The van der Waals surface area contributed by atoms with Crippen molar-refractivity contribution in [3.8, 4) is 17.0 Å². The number of anilines is 1. The molecule has 0 unspecified atom stereocenters. The number of hydrogen-bond acceptors (Lipinski definition) is 8. The minimum absolute atomic E-state index is 0.0667. The number of aromatic nitrogens is 1. The van der Waals surface area contributed by atoms with E-state index in [1.54, 1.807) is 12.1 Å². The summed E-state index contributed by atoms with van der Waals surface area (Å²) in [6.45, 7) is 3.93. The molecule has 46 heavy (non-hydrogen) atoms. The second-order valence-corrected chi connectivity index (χ2v) is 12.5. The zero-order chi connectivity index (χ0) is 32.5. The molecule has 4 aromatic rings. The molecule has 0 fully saturated rings. The number of carbonyl (C=O) groups excluding carboxylic acids is 2. The predicted octanol–water partition coefficient (Wildman–Crippen LogP) is 6.84. The van der Waals surface area contributed by atoms with E-state index in [2.05, 4.69) is 31.0 Å². The van der Waals surface area contributed by atoms with Gasteiger partial charge in [0.25, 0.3) is 5.91 Å². The third-order valence-electron chi connectivity index (χ3n) is 7.24. The van der Waals surface area contributed by atoms with E-state index in [0.717, 1.165) is 28.8 Å². The van der Waals surface area contributed by atoms with Crippen LogP contribution in [0.2, 0.25) is 10.0 Å². The van der Waals surface area contributed by atoms with E-state index in [0.29, 0.717) is 48.0 Å². The second-order valence-electron chi connectivity index (χ2n) is 10.7. The number of rotatable bonds is 2. The Balaban J connectivity index is 1.38. The maximum Gasteiger partial charge on any atom is 0.283 e. The summed E-state index contributed by atoms with van der Waals surface area (Å²) in [6, 6.07) is 20.8. The number of ether oxygens (including phenoxy) is 1. The van der Waals surface area contributed by atoms with Crippen LogP contribution in [-0.2, 0) is 17.9 Å². The number of nitrogens with zero attached hydrogens (tertiary/aromatic N) is 3. The van der Waals surface area contributed by atoms with E-state index in [9.17, 15) is 9.59 Å². The number of guanidine groups is 1. The summed E-state index contributed by atoms with van der Waals surface area (Å²) in [6.07, 6.45) is 5.75. The molecular formula is C34H34Cl2N6O3S. The lowest BCUT2D eigenvalue weighted by molar-refractivity contribution is -0.117. The molecule has 1 aromatic heterocycles. The van der Waals surface area contributed by atoms with Crippen LogP contribution in [0.25, 0.3) is 11.3 Å². The van der Waals surface area contributed by atoms with Gasteiger partial charge in [0.2, 0.25) is 5.91 Å². The van der Waals surface area contributed by atoms with Gasteiger partial charge in [-0.1, -0.05) is 65.7 Å². The minimum atomic E-state index is -0.506. The van der Waals surface area contributed by atoms with Crippen molar-refractivity contribution < 1.29 is 14.3 Å². The Bertz CT molecular complexity index is 1720. The van der Waals surface area contributed by atoms with Gasteiger partial charge in [0.1, 0.15) is 12.4 Å². The van der Waals surface area contributed by atoms with Crippen molar-refractivity contribution >= 4 is 58.2 Å². The quantitative estimate of drug-likeness (QED) is 0.199. The minimum Gasteiger partial charge on any atom is -0.490 e. The molecule has 9 nitrogen and oxygen atoms in total. The molecule has 5 heterocycles. The highest BCUT2D eigenvalue weighted by Gasteiger charge is 2.20. The van der Waals surface area contributed by atoms with Crippen LogP contribution in [0.1, 0.15) is 39.2 Å². The van der Waals surface area contributed by atoms with Crippen LogP contribution in [0.5, 0.6) is 5.75 Å². The Kier molecular flexibility index (Phi) is 11.4. The van der Waals surface area contributed by atoms with Crippen LogP contribution in [0.15, 0.2) is 83.9 Å². The number of aryl methyl sites for hydroxylation is 1. The fourth-order valence-electron chi connectivity index (χ4n) is 4.98. The molecule has 4 aliphatic rings. The van der Waals surface area contributed by atoms with Crippen LogP contribution in [0, 0.1) is 6.92 Å². The molecule has 0 saturated heterocycles. The number of allylic oxidation sites excluding steroid dienone is 1. The van der Waals surface area contributed by atoms with E-state index < -0.39 is 5.91 Å². The Labute approximate surface area is 282 Å². The smallest absolute Gasteiger partial charge is 0.283 e. The van der Waals surface area contributed by atoms with E-state index in [1.165, 1.54) is 11.5 Å². The normalized spacial score (nSPS) is 16.6. The van der Waals surface area contributed by atoms with Crippen LogP contribution in [-0.4, -0.2) is 46.7 Å². The van der Waals surface area contributed by atoms with Gasteiger partial charge in [-0.05, 0) is 85.4 Å². The number of carbonyl (C=O) groups is 2. The Morgan fingerprint density at radius 1 is 1.02 bits per heavy atom. The van der Waals surface area contributed by atoms with Gasteiger partial charge in [-0.25, -0.2) is 0 Å². The largest absolute Gasteiger partial charge is 0.490 e. The number of benzene rings is 3. The molecular weight excluding hydrogens is 643 g/mol. The number of aliphatic imine (C=N–C) groups is 1. The fraction of sp³-hybridized carbons (Fsp3) is 0.235. The number of hydrogen-bond donors (Lipinski definition) is 3. The van der Waals surface area contributed by atoms with Gasteiger partial charge in [-0.15, -0.1) is 0 Å². The summed E-state index contributed by atoms with van der Waals surface area (Å²) >= 11 is 14.4. The molecule has 2 amide bonds. The van der Waals surface area contributed by atoms with Gasteiger partial charge in [-0.3, -0.25) is 14.5 Å². The average molecular weight is 678 g/mol. The van der Waals surface area contributed by atoms with Crippen molar-refractivity contribution in [2.24, 2.45) is 10.7 Å². The summed E-state index contributed by atoms with van der Waals surface area (Å²) in [5.41, 5.74) is 9.92. The highest BCUT2D eigenvalue weighted by atomic mass is 35.5. The first kappa shape index (κ1) is 33.2. The van der Waals surface area contributed by atoms with E-state index in [1.807, 2.05) is 67.6 Å². The number of halogens is 2. The number of nitrogens with one attached hydrogen (secondary N) is 2. The third-order valence-corrected chi connectivity index (χ3v) is 8.59. The lowest BCUT2D eigenvalue weighted by Gasteiger charge is -2.22. The first-order valence-corrected chi connectivity index (χ1v) is 16.3. The molecule has 0 spiro atoms. The van der Waals surface area contributed by atoms with Gasteiger partial charge >= 0.3 is 0 Å². The van der Waals surface area contributed by atoms with Crippen molar-refractivity contribution in [1.29, 1.82) is 0 Å². The summed E-state index contributed by atoms with van der Waals surface area (Å²) in [7, 11) is 0. The standard InChI is InChI=1S/C34H34Cl2N6O3S/c1-22-30-31(41-46-22)25-11-13-26(14-12-25)45-16-8-3-2-7-15-42(20-23-9-5-4-6-10-23)21-29(43)39-32-27(35)17-24(18-28(32)36)19-38-34(37)40-33(30)44/h3-6,8-14,17-18H,2,7,15-16,19-21H2,1H3,(H,39,43)(H3,37,38,40,44). The average Bonchev–Trinajstić information content (AvgIpc) is 3.43. The highest BCUT2D eigenvalue weighted by Crippen LogP contribution is 2.32. The molecule has 8 rings (SSSR count). The van der Waals surface area contributed by atoms with E-state index >= 15 is 0 Å². The van der Waals surface area contributed by atoms with Crippen LogP contribution in [0.4, 0.5) is 5.69 Å².